The molecule has 0 saturated heterocycles. The van der Waals surface area contributed by atoms with Gasteiger partial charge in [-0.3, -0.25) is 4.79 Å². The van der Waals surface area contributed by atoms with Crippen LogP contribution < -0.4 is 11.1 Å². The monoisotopic (exact) mass is 260 g/mol. The minimum absolute atomic E-state index is 0.00616. The predicted molar refractivity (Wildman–Crippen MR) is 79.1 cm³/mol. The summed E-state index contributed by atoms with van der Waals surface area (Å²) in [5, 5.41) is 3.13. The summed E-state index contributed by atoms with van der Waals surface area (Å²) in [6.07, 6.45) is 5.93. The van der Waals surface area contributed by atoms with Crippen molar-refractivity contribution < 1.29 is 4.79 Å². The fourth-order valence-corrected chi connectivity index (χ4v) is 2.77. The Hall–Kier alpha value is -1.51. The number of amides is 1. The molecule has 0 aromatic heterocycles. The minimum Gasteiger partial charge on any atom is -0.398 e. The molecule has 1 aromatic rings. The van der Waals surface area contributed by atoms with Gasteiger partial charge in [-0.25, -0.2) is 0 Å². The Labute approximate surface area is 115 Å². The van der Waals surface area contributed by atoms with Crippen LogP contribution in [0.5, 0.6) is 0 Å². The molecule has 1 aliphatic carbocycles. The fraction of sp³-hybridized carbons (Fsp3) is 0.562. The van der Waals surface area contributed by atoms with Crippen molar-refractivity contribution in [3.05, 3.63) is 29.3 Å². The highest BCUT2D eigenvalue weighted by atomic mass is 16.1. The van der Waals surface area contributed by atoms with Crippen LogP contribution in [0.15, 0.2) is 18.2 Å². The molecule has 1 saturated carbocycles. The lowest BCUT2D eigenvalue weighted by Crippen LogP contribution is -2.37. The van der Waals surface area contributed by atoms with Crippen molar-refractivity contribution in [1.82, 2.24) is 5.32 Å². The van der Waals surface area contributed by atoms with Gasteiger partial charge in [0.05, 0.1) is 0 Å². The van der Waals surface area contributed by atoms with E-state index in [4.69, 9.17) is 5.73 Å². The largest absolute Gasteiger partial charge is 0.398 e. The smallest absolute Gasteiger partial charge is 0.251 e. The van der Waals surface area contributed by atoms with Gasteiger partial charge in [0.2, 0.25) is 0 Å². The molecular formula is C16H24N2O. The molecule has 0 spiro atoms. The van der Waals surface area contributed by atoms with Crippen LogP contribution in [0.3, 0.4) is 0 Å². The first-order valence-corrected chi connectivity index (χ1v) is 7.27. The molecule has 1 amide bonds. The molecule has 1 fully saturated rings. The number of anilines is 1. The second kappa shape index (κ2) is 6.09. The molecule has 0 aliphatic heterocycles. The zero-order chi connectivity index (χ0) is 13.8. The molecule has 3 N–H and O–H groups in total. The van der Waals surface area contributed by atoms with Crippen LogP contribution in [0.25, 0.3) is 0 Å². The van der Waals surface area contributed by atoms with Gasteiger partial charge in [-0.2, -0.15) is 0 Å². The van der Waals surface area contributed by atoms with E-state index in [2.05, 4.69) is 12.2 Å². The minimum atomic E-state index is 0.00616. The first-order valence-electron chi connectivity index (χ1n) is 7.27. The maximum atomic E-state index is 12.2. The van der Waals surface area contributed by atoms with E-state index in [1.165, 1.54) is 19.3 Å². The summed E-state index contributed by atoms with van der Waals surface area (Å²) >= 11 is 0. The van der Waals surface area contributed by atoms with Crippen molar-refractivity contribution in [2.45, 2.75) is 52.0 Å². The summed E-state index contributed by atoms with van der Waals surface area (Å²) < 4.78 is 0. The molecule has 0 unspecified atom stereocenters. The van der Waals surface area contributed by atoms with Gasteiger partial charge in [0, 0.05) is 17.3 Å². The Morgan fingerprint density at radius 1 is 1.32 bits per heavy atom. The number of rotatable bonds is 3. The Bertz CT molecular complexity index is 448. The van der Waals surface area contributed by atoms with Crippen LogP contribution in [0.1, 0.15) is 54.9 Å². The molecule has 0 heterocycles. The zero-order valence-electron chi connectivity index (χ0n) is 11.9. The van der Waals surface area contributed by atoms with E-state index in [9.17, 15) is 4.79 Å². The lowest BCUT2D eigenvalue weighted by Gasteiger charge is -2.28. The van der Waals surface area contributed by atoms with Gasteiger partial charge in [-0.1, -0.05) is 19.4 Å². The Morgan fingerprint density at radius 3 is 2.58 bits per heavy atom. The Morgan fingerprint density at radius 2 is 2.00 bits per heavy atom. The maximum Gasteiger partial charge on any atom is 0.251 e. The Kier molecular flexibility index (Phi) is 4.46. The number of carbonyl (C=O) groups is 1. The second-order valence-electron chi connectivity index (χ2n) is 5.67. The molecule has 0 radical (unpaired) electrons. The average Bonchev–Trinajstić information content (AvgIpc) is 2.42. The van der Waals surface area contributed by atoms with Gasteiger partial charge >= 0.3 is 0 Å². The van der Waals surface area contributed by atoms with Gasteiger partial charge in [-0.15, -0.1) is 0 Å². The first-order chi connectivity index (χ1) is 9.10. The summed E-state index contributed by atoms with van der Waals surface area (Å²) in [4.78, 5) is 12.2. The highest BCUT2D eigenvalue weighted by Crippen LogP contribution is 2.26. The van der Waals surface area contributed by atoms with E-state index < -0.39 is 0 Å². The highest BCUT2D eigenvalue weighted by Gasteiger charge is 2.21. The second-order valence-corrected chi connectivity index (χ2v) is 5.67. The zero-order valence-corrected chi connectivity index (χ0v) is 11.9. The van der Waals surface area contributed by atoms with E-state index in [0.29, 0.717) is 17.3 Å². The molecule has 2 rings (SSSR count). The van der Waals surface area contributed by atoms with Crippen LogP contribution in [-0.2, 0) is 0 Å². The summed E-state index contributed by atoms with van der Waals surface area (Å²) in [5.41, 5.74) is 8.21. The molecule has 1 aliphatic rings. The maximum absolute atomic E-state index is 12.2. The number of aryl methyl sites for hydroxylation is 1. The van der Waals surface area contributed by atoms with Crippen LogP contribution >= 0.6 is 0 Å². The van der Waals surface area contributed by atoms with E-state index in [1.54, 1.807) is 6.07 Å². The van der Waals surface area contributed by atoms with Gasteiger partial charge in [-0.05, 0) is 56.2 Å². The highest BCUT2D eigenvalue weighted by molar-refractivity contribution is 5.95. The topological polar surface area (TPSA) is 55.1 Å². The fourth-order valence-electron chi connectivity index (χ4n) is 2.77. The van der Waals surface area contributed by atoms with Crippen molar-refractivity contribution in [2.75, 3.05) is 5.73 Å². The van der Waals surface area contributed by atoms with E-state index in [-0.39, 0.29) is 5.91 Å². The predicted octanol–water partition coefficient (Wildman–Crippen LogP) is 3.28. The quantitative estimate of drug-likeness (QED) is 0.819. The number of nitrogens with one attached hydrogen (secondary N) is 1. The standard InChI is InChI=1S/C16H24N2O/c1-3-12-5-8-14(9-6-12)18-16(19)13-7-4-11(2)15(17)10-13/h4,7,10,12,14H,3,5-6,8-9,17H2,1-2H3,(H,18,19). The van der Waals surface area contributed by atoms with E-state index in [0.717, 1.165) is 24.3 Å². The van der Waals surface area contributed by atoms with Gasteiger partial charge in [0.15, 0.2) is 0 Å². The third-order valence-corrected chi connectivity index (χ3v) is 4.30. The van der Waals surface area contributed by atoms with Crippen LogP contribution in [0.4, 0.5) is 5.69 Å². The number of nitrogen functional groups attached to an aromatic ring is 1. The number of benzene rings is 1. The number of nitrogens with two attached hydrogens (primary N) is 1. The van der Waals surface area contributed by atoms with Crippen molar-refractivity contribution in [2.24, 2.45) is 5.92 Å². The number of hydrogen-bond donors (Lipinski definition) is 2. The SMILES string of the molecule is CCC1CCC(NC(=O)c2ccc(C)c(N)c2)CC1. The summed E-state index contributed by atoms with van der Waals surface area (Å²) in [6.45, 7) is 4.20. The molecule has 0 bridgehead atoms. The lowest BCUT2D eigenvalue weighted by atomic mass is 9.84. The summed E-state index contributed by atoms with van der Waals surface area (Å²) in [5.74, 6) is 0.856. The van der Waals surface area contributed by atoms with Crippen LogP contribution in [-0.4, -0.2) is 11.9 Å². The van der Waals surface area contributed by atoms with Crippen LogP contribution in [0, 0.1) is 12.8 Å². The number of hydrogen-bond acceptors (Lipinski definition) is 2. The first kappa shape index (κ1) is 13.9. The lowest BCUT2D eigenvalue weighted by molar-refractivity contribution is 0.0921. The van der Waals surface area contributed by atoms with E-state index >= 15 is 0 Å². The normalized spacial score (nSPS) is 23.1. The molecule has 3 nitrogen and oxygen atoms in total. The van der Waals surface area contributed by atoms with Crippen molar-refractivity contribution in [3.63, 3.8) is 0 Å². The molecule has 3 heteroatoms. The molecule has 1 aromatic carbocycles. The summed E-state index contributed by atoms with van der Waals surface area (Å²) in [6, 6.07) is 5.84. The molecular weight excluding hydrogens is 236 g/mol. The van der Waals surface area contributed by atoms with Gasteiger partial charge in [0.1, 0.15) is 0 Å². The third kappa shape index (κ3) is 3.49. The van der Waals surface area contributed by atoms with Crippen molar-refractivity contribution in [3.8, 4) is 0 Å². The van der Waals surface area contributed by atoms with Crippen molar-refractivity contribution >= 4 is 11.6 Å². The van der Waals surface area contributed by atoms with E-state index in [1.807, 2.05) is 19.1 Å². The molecule has 104 valence electrons. The third-order valence-electron chi connectivity index (χ3n) is 4.30. The van der Waals surface area contributed by atoms with Gasteiger partial charge in [0.25, 0.3) is 5.91 Å². The van der Waals surface area contributed by atoms with Gasteiger partial charge < -0.3 is 11.1 Å². The van der Waals surface area contributed by atoms with Crippen LogP contribution in [0.2, 0.25) is 0 Å². The molecule has 0 atom stereocenters. The van der Waals surface area contributed by atoms with Crippen molar-refractivity contribution in [1.29, 1.82) is 0 Å². The Balaban J connectivity index is 1.92. The molecule has 19 heavy (non-hydrogen) atoms. The average molecular weight is 260 g/mol. The summed E-state index contributed by atoms with van der Waals surface area (Å²) in [7, 11) is 0. The number of carbonyl (C=O) groups excluding carboxylic acids is 1.